The second-order valence-electron chi connectivity index (χ2n) is 5.24. The maximum Gasteiger partial charge on any atom is 0.335 e. The minimum absolute atomic E-state index is 0.216. The van der Waals surface area contributed by atoms with E-state index in [0.29, 0.717) is 13.0 Å². The fraction of sp³-hybridized carbons (Fsp3) is 0.211. The van der Waals surface area contributed by atoms with Gasteiger partial charge in [-0.25, -0.2) is 4.79 Å². The molecule has 1 aliphatic rings. The SMILES string of the molecule is CCOC(=O)C1=C(Sc2ccccc2)c2ccc(Cl)cc2CC1. The monoisotopic (exact) mass is 344 g/mol. The van der Waals surface area contributed by atoms with Crippen LogP contribution in [-0.2, 0) is 16.0 Å². The lowest BCUT2D eigenvalue weighted by Crippen LogP contribution is -2.14. The molecule has 2 nitrogen and oxygen atoms in total. The number of esters is 1. The van der Waals surface area contributed by atoms with Crippen LogP contribution >= 0.6 is 23.4 Å². The van der Waals surface area contributed by atoms with E-state index >= 15 is 0 Å². The normalized spacial score (nSPS) is 13.7. The summed E-state index contributed by atoms with van der Waals surface area (Å²) in [5.41, 5.74) is 3.03. The molecule has 4 heteroatoms. The molecule has 3 rings (SSSR count). The Bertz CT molecular complexity index is 753. The zero-order chi connectivity index (χ0) is 16.2. The predicted octanol–water partition coefficient (Wildman–Crippen LogP) is 5.35. The van der Waals surface area contributed by atoms with E-state index in [9.17, 15) is 4.79 Å². The van der Waals surface area contributed by atoms with Gasteiger partial charge in [-0.05, 0) is 55.2 Å². The van der Waals surface area contributed by atoms with E-state index in [1.165, 1.54) is 5.56 Å². The molecule has 0 saturated carbocycles. The Labute approximate surface area is 145 Å². The number of carbonyl (C=O) groups is 1. The summed E-state index contributed by atoms with van der Waals surface area (Å²) in [6.07, 6.45) is 1.49. The van der Waals surface area contributed by atoms with Crippen molar-refractivity contribution in [1.29, 1.82) is 0 Å². The van der Waals surface area contributed by atoms with Crippen LogP contribution in [0.4, 0.5) is 0 Å². The van der Waals surface area contributed by atoms with Gasteiger partial charge in [-0.2, -0.15) is 0 Å². The summed E-state index contributed by atoms with van der Waals surface area (Å²) >= 11 is 7.73. The smallest absolute Gasteiger partial charge is 0.335 e. The zero-order valence-corrected chi connectivity index (χ0v) is 14.4. The van der Waals surface area contributed by atoms with Crippen molar-refractivity contribution in [2.24, 2.45) is 0 Å². The first-order valence-corrected chi connectivity index (χ1v) is 8.80. The van der Waals surface area contributed by atoms with Gasteiger partial charge in [0, 0.05) is 14.8 Å². The lowest BCUT2D eigenvalue weighted by atomic mass is 9.92. The Balaban J connectivity index is 2.06. The standard InChI is InChI=1S/C19H17ClO2S/c1-2-22-19(21)17-10-8-13-12-14(20)9-11-16(13)18(17)23-15-6-4-3-5-7-15/h3-7,9,11-12H,2,8,10H2,1H3. The van der Waals surface area contributed by atoms with Crippen molar-refractivity contribution < 1.29 is 9.53 Å². The van der Waals surface area contributed by atoms with Crippen LogP contribution in [0.15, 0.2) is 59.0 Å². The minimum Gasteiger partial charge on any atom is -0.463 e. The highest BCUT2D eigenvalue weighted by molar-refractivity contribution is 8.08. The fourth-order valence-electron chi connectivity index (χ4n) is 2.66. The molecule has 0 spiro atoms. The minimum atomic E-state index is -0.216. The Morgan fingerprint density at radius 3 is 2.70 bits per heavy atom. The van der Waals surface area contributed by atoms with Crippen LogP contribution < -0.4 is 0 Å². The predicted molar refractivity (Wildman–Crippen MR) is 95.6 cm³/mol. The molecule has 0 amide bonds. The van der Waals surface area contributed by atoms with Crippen molar-refractivity contribution in [3.63, 3.8) is 0 Å². The van der Waals surface area contributed by atoms with E-state index in [1.807, 2.05) is 55.5 Å². The molecule has 0 unspecified atom stereocenters. The number of thioether (sulfide) groups is 1. The quantitative estimate of drug-likeness (QED) is 0.699. The Hall–Kier alpha value is -1.71. The zero-order valence-electron chi connectivity index (χ0n) is 12.8. The van der Waals surface area contributed by atoms with Gasteiger partial charge in [-0.15, -0.1) is 0 Å². The second kappa shape index (κ2) is 7.24. The van der Waals surface area contributed by atoms with Crippen LogP contribution in [0.2, 0.25) is 5.02 Å². The molecule has 2 aromatic carbocycles. The number of benzene rings is 2. The maximum absolute atomic E-state index is 12.4. The van der Waals surface area contributed by atoms with Crippen LogP contribution in [0.5, 0.6) is 0 Å². The molecule has 118 valence electrons. The van der Waals surface area contributed by atoms with Gasteiger partial charge in [-0.1, -0.05) is 47.6 Å². The van der Waals surface area contributed by atoms with Crippen LogP contribution in [0.3, 0.4) is 0 Å². The number of ether oxygens (including phenoxy) is 1. The van der Waals surface area contributed by atoms with Crippen LogP contribution in [0.25, 0.3) is 4.91 Å². The average Bonchev–Trinajstić information content (AvgIpc) is 2.56. The number of halogens is 1. The molecular weight excluding hydrogens is 328 g/mol. The van der Waals surface area contributed by atoms with Crippen molar-refractivity contribution in [1.82, 2.24) is 0 Å². The van der Waals surface area contributed by atoms with Gasteiger partial charge in [0.05, 0.1) is 12.2 Å². The number of aryl methyl sites for hydroxylation is 1. The second-order valence-corrected chi connectivity index (χ2v) is 6.76. The molecule has 2 aromatic rings. The molecule has 23 heavy (non-hydrogen) atoms. The number of hydrogen-bond donors (Lipinski definition) is 0. The lowest BCUT2D eigenvalue weighted by molar-refractivity contribution is -0.138. The number of hydrogen-bond acceptors (Lipinski definition) is 3. The molecular formula is C19H17ClO2S. The van der Waals surface area contributed by atoms with Crippen molar-refractivity contribution in [3.8, 4) is 0 Å². The highest BCUT2D eigenvalue weighted by atomic mass is 35.5. The first-order chi connectivity index (χ1) is 11.2. The molecule has 0 aromatic heterocycles. The van der Waals surface area contributed by atoms with Crippen LogP contribution in [-0.4, -0.2) is 12.6 Å². The summed E-state index contributed by atoms with van der Waals surface area (Å²) in [6.45, 7) is 2.22. The molecule has 1 aliphatic carbocycles. The third-order valence-corrected chi connectivity index (χ3v) is 5.13. The third kappa shape index (κ3) is 3.62. The molecule has 0 saturated heterocycles. The molecule has 0 bridgehead atoms. The topological polar surface area (TPSA) is 26.3 Å². The first kappa shape index (κ1) is 16.2. The van der Waals surface area contributed by atoms with Gasteiger partial charge in [-0.3, -0.25) is 0 Å². The van der Waals surface area contributed by atoms with Gasteiger partial charge in [0.2, 0.25) is 0 Å². The molecule has 0 fully saturated rings. The molecule has 0 atom stereocenters. The van der Waals surface area contributed by atoms with Crippen LogP contribution in [0.1, 0.15) is 24.5 Å². The van der Waals surface area contributed by atoms with Gasteiger partial charge in [0.1, 0.15) is 0 Å². The van der Waals surface area contributed by atoms with Gasteiger partial charge in [0.15, 0.2) is 0 Å². The summed E-state index contributed by atoms with van der Waals surface area (Å²) in [5, 5.41) is 0.729. The molecule has 0 N–H and O–H groups in total. The Morgan fingerprint density at radius 2 is 1.96 bits per heavy atom. The summed E-state index contributed by atoms with van der Waals surface area (Å²) in [4.78, 5) is 14.4. The summed E-state index contributed by atoms with van der Waals surface area (Å²) in [5.74, 6) is -0.216. The van der Waals surface area contributed by atoms with Gasteiger partial charge >= 0.3 is 5.97 Å². The number of carbonyl (C=O) groups excluding carboxylic acids is 1. The first-order valence-electron chi connectivity index (χ1n) is 7.61. The number of fused-ring (bicyclic) bond motifs is 1. The highest BCUT2D eigenvalue weighted by Crippen LogP contribution is 2.43. The van der Waals surface area contributed by atoms with E-state index in [1.54, 1.807) is 11.8 Å². The van der Waals surface area contributed by atoms with E-state index in [2.05, 4.69) is 0 Å². The van der Waals surface area contributed by atoms with Crippen molar-refractivity contribution >= 4 is 34.2 Å². The average molecular weight is 345 g/mol. The van der Waals surface area contributed by atoms with Crippen LogP contribution in [0, 0.1) is 0 Å². The van der Waals surface area contributed by atoms with E-state index in [-0.39, 0.29) is 5.97 Å². The Kier molecular flexibility index (Phi) is 5.09. The van der Waals surface area contributed by atoms with Crippen molar-refractivity contribution in [3.05, 3.63) is 70.3 Å². The molecule has 0 heterocycles. The summed E-state index contributed by atoms with van der Waals surface area (Å²) < 4.78 is 5.25. The van der Waals surface area contributed by atoms with Crippen molar-refractivity contribution in [2.75, 3.05) is 6.61 Å². The van der Waals surface area contributed by atoms with Gasteiger partial charge in [0.25, 0.3) is 0 Å². The maximum atomic E-state index is 12.4. The highest BCUT2D eigenvalue weighted by Gasteiger charge is 2.25. The third-order valence-electron chi connectivity index (χ3n) is 3.72. The molecule has 0 radical (unpaired) electrons. The van der Waals surface area contributed by atoms with Crippen molar-refractivity contribution in [2.45, 2.75) is 24.7 Å². The number of rotatable bonds is 4. The summed E-state index contributed by atoms with van der Waals surface area (Å²) in [6, 6.07) is 15.9. The lowest BCUT2D eigenvalue weighted by Gasteiger charge is -2.22. The van der Waals surface area contributed by atoms with E-state index in [0.717, 1.165) is 32.4 Å². The summed E-state index contributed by atoms with van der Waals surface area (Å²) in [7, 11) is 0. The van der Waals surface area contributed by atoms with Gasteiger partial charge < -0.3 is 4.74 Å². The Morgan fingerprint density at radius 1 is 1.17 bits per heavy atom. The van der Waals surface area contributed by atoms with E-state index < -0.39 is 0 Å². The molecule has 0 aliphatic heterocycles. The van der Waals surface area contributed by atoms with E-state index in [4.69, 9.17) is 16.3 Å². The fourth-order valence-corrected chi connectivity index (χ4v) is 4.00. The largest absolute Gasteiger partial charge is 0.463 e.